The van der Waals surface area contributed by atoms with Gasteiger partial charge in [0, 0.05) is 57.8 Å². The summed E-state index contributed by atoms with van der Waals surface area (Å²) in [5.41, 5.74) is 2.04. The van der Waals surface area contributed by atoms with E-state index in [0.717, 1.165) is 43.4 Å². The number of nitrogens with one attached hydrogen (secondary N) is 1. The van der Waals surface area contributed by atoms with E-state index in [2.05, 4.69) is 21.9 Å². The van der Waals surface area contributed by atoms with Crippen LogP contribution in [0.25, 0.3) is 22.2 Å². The summed E-state index contributed by atoms with van der Waals surface area (Å²) in [7, 11) is -0.563. The van der Waals surface area contributed by atoms with Gasteiger partial charge in [-0.3, -0.25) is 14.4 Å². The number of aromatic amines is 1. The molecule has 0 amide bonds. The van der Waals surface area contributed by atoms with E-state index in [1.165, 1.54) is 4.31 Å². The third-order valence-electron chi connectivity index (χ3n) is 7.05. The van der Waals surface area contributed by atoms with Gasteiger partial charge < -0.3 is 19.2 Å². The molecule has 1 aromatic carbocycles. The van der Waals surface area contributed by atoms with Crippen molar-refractivity contribution in [3.8, 4) is 17.0 Å². The lowest BCUT2D eigenvalue weighted by Gasteiger charge is -2.29. The van der Waals surface area contributed by atoms with Gasteiger partial charge in [-0.25, -0.2) is 8.42 Å². The maximum absolute atomic E-state index is 13.9. The first kappa shape index (κ1) is 30.2. The number of hydrogen-bond donors (Lipinski definition) is 1. The van der Waals surface area contributed by atoms with E-state index in [1.807, 2.05) is 13.0 Å². The van der Waals surface area contributed by atoms with Gasteiger partial charge >= 0.3 is 0 Å². The van der Waals surface area contributed by atoms with E-state index in [4.69, 9.17) is 14.2 Å². The first-order valence-corrected chi connectivity index (χ1v) is 15.4. The van der Waals surface area contributed by atoms with Gasteiger partial charge in [-0.05, 0) is 37.1 Å². The third-order valence-corrected chi connectivity index (χ3v) is 8.95. The van der Waals surface area contributed by atoms with Crippen molar-refractivity contribution in [3.05, 3.63) is 40.3 Å². The second kappa shape index (κ2) is 13.7. The smallest absolute Gasteiger partial charge is 0.274 e. The SMILES string of the molecule is CCCOc1ccc(S(=O)(=O)N(CCOC)CCN2CCOCC2)cc1-c1cc2c(CCC)nn(C)c2c(=O)[nH]1. The van der Waals surface area contributed by atoms with Crippen molar-refractivity contribution in [2.75, 3.05) is 66.3 Å². The number of rotatable bonds is 14. The molecule has 4 rings (SSSR count). The summed E-state index contributed by atoms with van der Waals surface area (Å²) in [5, 5.41) is 5.31. The lowest BCUT2D eigenvalue weighted by molar-refractivity contribution is 0.0357. The van der Waals surface area contributed by atoms with Gasteiger partial charge in [-0.1, -0.05) is 20.3 Å². The number of aryl methyl sites for hydroxylation is 2. The van der Waals surface area contributed by atoms with Gasteiger partial charge in [0.05, 0.1) is 42.7 Å². The average Bonchev–Trinajstić information content (AvgIpc) is 3.27. The van der Waals surface area contributed by atoms with Crippen molar-refractivity contribution in [1.29, 1.82) is 0 Å². The average molecular weight is 576 g/mol. The van der Waals surface area contributed by atoms with E-state index in [-0.39, 0.29) is 23.6 Å². The summed E-state index contributed by atoms with van der Waals surface area (Å²) in [6, 6.07) is 6.72. The first-order chi connectivity index (χ1) is 19.3. The quantitative estimate of drug-likeness (QED) is 0.312. The standard InChI is InChI=1S/C28H41N5O6S/c1-5-7-24-23-20-25(29-28(34)27(23)31(3)30-24)22-19-21(8-9-26(22)39-15-6-2)40(35,36)33(14-16-37-4)11-10-32-12-17-38-18-13-32/h8-9,19-20H,5-7,10-18H2,1-4H3,(H,29,34). The van der Waals surface area contributed by atoms with Crippen molar-refractivity contribution in [2.45, 2.75) is 38.0 Å². The molecule has 1 saturated heterocycles. The minimum atomic E-state index is -3.88. The monoisotopic (exact) mass is 575 g/mol. The van der Waals surface area contributed by atoms with Gasteiger partial charge in [0.2, 0.25) is 10.0 Å². The molecule has 0 unspecified atom stereocenters. The van der Waals surface area contributed by atoms with Crippen molar-refractivity contribution >= 4 is 20.9 Å². The number of nitrogens with zero attached hydrogens (tertiary/aromatic N) is 4. The molecule has 1 fully saturated rings. The maximum atomic E-state index is 13.9. The zero-order chi connectivity index (χ0) is 28.7. The Morgan fingerprint density at radius 1 is 1.10 bits per heavy atom. The highest BCUT2D eigenvalue weighted by atomic mass is 32.2. The van der Waals surface area contributed by atoms with Crippen LogP contribution in [-0.4, -0.2) is 98.6 Å². The molecule has 11 nitrogen and oxygen atoms in total. The van der Waals surface area contributed by atoms with Gasteiger partial charge in [0.25, 0.3) is 5.56 Å². The highest BCUT2D eigenvalue weighted by Gasteiger charge is 2.27. The molecule has 0 spiro atoms. The number of fused-ring (bicyclic) bond motifs is 1. The Balaban J connectivity index is 1.76. The maximum Gasteiger partial charge on any atom is 0.274 e. The van der Waals surface area contributed by atoms with E-state index in [1.54, 1.807) is 37.0 Å². The fraction of sp³-hybridized carbons (Fsp3) is 0.571. The van der Waals surface area contributed by atoms with Crippen LogP contribution in [0.2, 0.25) is 0 Å². The second-order valence-corrected chi connectivity index (χ2v) is 11.9. The molecule has 0 saturated carbocycles. The van der Waals surface area contributed by atoms with E-state index in [0.29, 0.717) is 55.4 Å². The number of methoxy groups -OCH3 is 1. The van der Waals surface area contributed by atoms with Crippen LogP contribution in [0.4, 0.5) is 0 Å². The fourth-order valence-corrected chi connectivity index (χ4v) is 6.38. The largest absolute Gasteiger partial charge is 0.493 e. The first-order valence-electron chi connectivity index (χ1n) is 13.9. The molecule has 0 radical (unpaired) electrons. The number of sulfonamides is 1. The Morgan fingerprint density at radius 2 is 1.88 bits per heavy atom. The highest BCUT2D eigenvalue weighted by Crippen LogP contribution is 2.34. The fourth-order valence-electron chi connectivity index (χ4n) is 4.94. The van der Waals surface area contributed by atoms with Gasteiger partial charge in [-0.2, -0.15) is 9.40 Å². The molecule has 40 heavy (non-hydrogen) atoms. The topological polar surface area (TPSA) is 119 Å². The predicted octanol–water partition coefficient (Wildman–Crippen LogP) is 2.64. The lowest BCUT2D eigenvalue weighted by Crippen LogP contribution is -2.44. The zero-order valence-electron chi connectivity index (χ0n) is 23.9. The molecule has 3 aromatic rings. The molecule has 1 aliphatic rings. The molecule has 0 bridgehead atoms. The van der Waals surface area contributed by atoms with E-state index >= 15 is 0 Å². The van der Waals surface area contributed by atoms with E-state index < -0.39 is 10.0 Å². The van der Waals surface area contributed by atoms with Crippen LogP contribution in [0.15, 0.2) is 34.0 Å². The molecular weight excluding hydrogens is 534 g/mol. The molecule has 1 aliphatic heterocycles. The van der Waals surface area contributed by atoms with Crippen LogP contribution in [0.1, 0.15) is 32.4 Å². The molecular formula is C28H41N5O6S. The van der Waals surface area contributed by atoms with Crippen molar-refractivity contribution in [3.63, 3.8) is 0 Å². The molecule has 0 aliphatic carbocycles. The Hall–Kier alpha value is -2.77. The normalized spacial score (nSPS) is 14.8. The minimum absolute atomic E-state index is 0.130. The van der Waals surface area contributed by atoms with Crippen LogP contribution in [0.5, 0.6) is 5.75 Å². The van der Waals surface area contributed by atoms with Gasteiger partial charge in [0.15, 0.2) is 0 Å². The van der Waals surface area contributed by atoms with Crippen molar-refractivity contribution < 1.29 is 22.6 Å². The van der Waals surface area contributed by atoms with Gasteiger partial charge in [0.1, 0.15) is 11.3 Å². The van der Waals surface area contributed by atoms with Crippen molar-refractivity contribution in [2.24, 2.45) is 7.05 Å². The Bertz CT molecular complexity index is 1450. The number of morpholine rings is 1. The van der Waals surface area contributed by atoms with Crippen LogP contribution in [0.3, 0.4) is 0 Å². The number of hydrogen-bond acceptors (Lipinski definition) is 8. The van der Waals surface area contributed by atoms with E-state index in [9.17, 15) is 13.2 Å². The van der Waals surface area contributed by atoms with Crippen LogP contribution in [-0.2, 0) is 33.0 Å². The van der Waals surface area contributed by atoms with Crippen LogP contribution in [0, 0.1) is 0 Å². The summed E-state index contributed by atoms with van der Waals surface area (Å²) in [6.07, 6.45) is 2.39. The number of ether oxygens (including phenoxy) is 3. The Labute approximate surface area is 236 Å². The number of aromatic nitrogens is 3. The summed E-state index contributed by atoms with van der Waals surface area (Å²) in [5.74, 6) is 0.508. The second-order valence-electron chi connectivity index (χ2n) is 9.95. The zero-order valence-corrected chi connectivity index (χ0v) is 24.8. The summed E-state index contributed by atoms with van der Waals surface area (Å²) in [6.45, 7) is 8.79. The lowest BCUT2D eigenvalue weighted by atomic mass is 10.1. The molecule has 0 atom stereocenters. The van der Waals surface area contributed by atoms with Gasteiger partial charge in [-0.15, -0.1) is 0 Å². The van der Waals surface area contributed by atoms with Crippen molar-refractivity contribution in [1.82, 2.24) is 24.0 Å². The highest BCUT2D eigenvalue weighted by molar-refractivity contribution is 7.89. The summed E-state index contributed by atoms with van der Waals surface area (Å²) >= 11 is 0. The number of H-pyrrole nitrogens is 1. The molecule has 12 heteroatoms. The Morgan fingerprint density at radius 3 is 2.58 bits per heavy atom. The molecule has 2 aromatic heterocycles. The summed E-state index contributed by atoms with van der Waals surface area (Å²) in [4.78, 5) is 18.4. The number of pyridine rings is 1. The predicted molar refractivity (Wildman–Crippen MR) is 154 cm³/mol. The van der Waals surface area contributed by atoms with Crippen LogP contribution < -0.4 is 10.3 Å². The van der Waals surface area contributed by atoms with Crippen LogP contribution >= 0.6 is 0 Å². The molecule has 3 heterocycles. The number of benzene rings is 1. The summed E-state index contributed by atoms with van der Waals surface area (Å²) < 4.78 is 47.6. The molecule has 220 valence electrons. The molecule has 1 N–H and O–H groups in total. The third kappa shape index (κ3) is 6.74. The Kier molecular flexibility index (Phi) is 10.4. The minimum Gasteiger partial charge on any atom is -0.493 e.